The van der Waals surface area contributed by atoms with Crippen LogP contribution in [0, 0.1) is 6.92 Å². The molecule has 0 saturated carbocycles. The molecule has 0 amide bonds. The number of nitrogens with zero attached hydrogens (tertiary/aromatic N) is 3. The average Bonchev–Trinajstić information content (AvgIpc) is 3.43. The maximum atomic E-state index is 12.5. The fourth-order valence-electron chi connectivity index (χ4n) is 5.37. The molecule has 186 valence electrons. The Labute approximate surface area is 219 Å². The number of carboxylic acids is 1. The van der Waals surface area contributed by atoms with Gasteiger partial charge in [0.25, 0.3) is 0 Å². The summed E-state index contributed by atoms with van der Waals surface area (Å²) in [6, 6.07) is 23.4. The Morgan fingerprint density at radius 3 is 2.59 bits per heavy atom. The molecule has 6 rings (SSSR count). The number of pyridine rings is 1. The Morgan fingerprint density at radius 1 is 0.973 bits per heavy atom. The normalized spacial score (nSPS) is 11.3. The van der Waals surface area contributed by atoms with Gasteiger partial charge in [-0.1, -0.05) is 54.6 Å². The van der Waals surface area contributed by atoms with Crippen molar-refractivity contribution in [2.45, 2.75) is 19.9 Å². The summed E-state index contributed by atoms with van der Waals surface area (Å²) in [7, 11) is 0. The Kier molecular flexibility index (Phi) is 6.46. The van der Waals surface area contributed by atoms with Crippen LogP contribution in [-0.2, 0) is 13.0 Å². The standard InChI is InChI=1S/C30H25N3O3.ClH/c1-19-7-6-10-24-27(19)21(18-32(24)15-16-34)17-25-29(31-26-11-4-5-14-33(25)26)23-13-12-20-8-2-3-9-22(20)28(23)30(35)36;/h2-14,18,34H,15-17H2,1H3,(H,35,36);1H. The second kappa shape index (κ2) is 9.73. The lowest BCUT2D eigenvalue weighted by Crippen LogP contribution is -2.03. The van der Waals surface area contributed by atoms with Gasteiger partial charge < -0.3 is 19.2 Å². The Bertz CT molecular complexity index is 1780. The Hall–Kier alpha value is -4.13. The van der Waals surface area contributed by atoms with Gasteiger partial charge in [-0.05, 0) is 47.0 Å². The number of aliphatic hydroxyl groups excluding tert-OH is 1. The first-order valence-corrected chi connectivity index (χ1v) is 12.0. The molecule has 0 atom stereocenters. The van der Waals surface area contributed by atoms with E-state index in [2.05, 4.69) is 29.8 Å². The molecule has 0 fully saturated rings. The molecule has 0 aliphatic carbocycles. The van der Waals surface area contributed by atoms with Crippen molar-refractivity contribution < 1.29 is 15.0 Å². The number of carboxylic acid groups (broad SMARTS) is 1. The molecular formula is C30H26ClN3O3. The minimum atomic E-state index is -0.972. The number of fused-ring (bicyclic) bond motifs is 3. The highest BCUT2D eigenvalue weighted by atomic mass is 35.5. The lowest BCUT2D eigenvalue weighted by atomic mass is 9.94. The largest absolute Gasteiger partial charge is 0.478 e. The minimum Gasteiger partial charge on any atom is -0.478 e. The molecule has 37 heavy (non-hydrogen) atoms. The monoisotopic (exact) mass is 511 g/mol. The van der Waals surface area contributed by atoms with Crippen molar-refractivity contribution in [3.63, 3.8) is 0 Å². The van der Waals surface area contributed by atoms with E-state index >= 15 is 0 Å². The van der Waals surface area contributed by atoms with Crippen LogP contribution in [0.1, 0.15) is 27.2 Å². The fourth-order valence-corrected chi connectivity index (χ4v) is 5.37. The van der Waals surface area contributed by atoms with Crippen molar-refractivity contribution in [1.29, 1.82) is 0 Å². The SMILES string of the molecule is Cc1cccc2c1c(Cc1c(-c3ccc4ccccc4c3C(=O)O)nc3ccccn13)cn2CCO.Cl. The van der Waals surface area contributed by atoms with E-state index in [-0.39, 0.29) is 24.6 Å². The van der Waals surface area contributed by atoms with Crippen LogP contribution in [0.25, 0.3) is 38.6 Å². The molecular weight excluding hydrogens is 486 g/mol. The van der Waals surface area contributed by atoms with Crippen LogP contribution < -0.4 is 0 Å². The molecule has 0 bridgehead atoms. The number of aryl methyl sites for hydroxylation is 1. The number of imidazole rings is 1. The third kappa shape index (κ3) is 4.04. The van der Waals surface area contributed by atoms with E-state index in [1.54, 1.807) is 0 Å². The highest BCUT2D eigenvalue weighted by Crippen LogP contribution is 2.35. The number of aromatic carboxylic acids is 1. The third-order valence-corrected chi connectivity index (χ3v) is 6.92. The fraction of sp³-hybridized carbons (Fsp3) is 0.133. The molecule has 6 aromatic rings. The van der Waals surface area contributed by atoms with E-state index in [1.807, 2.05) is 71.3 Å². The lowest BCUT2D eigenvalue weighted by molar-refractivity contribution is 0.0700. The zero-order chi connectivity index (χ0) is 24.8. The molecule has 7 heteroatoms. The van der Waals surface area contributed by atoms with E-state index in [1.165, 1.54) is 0 Å². The van der Waals surface area contributed by atoms with Crippen LogP contribution in [0.4, 0.5) is 0 Å². The highest BCUT2D eigenvalue weighted by Gasteiger charge is 2.23. The van der Waals surface area contributed by atoms with Crippen molar-refractivity contribution in [3.05, 3.63) is 108 Å². The zero-order valence-corrected chi connectivity index (χ0v) is 21.1. The van der Waals surface area contributed by atoms with Gasteiger partial charge in [0.2, 0.25) is 0 Å². The van der Waals surface area contributed by atoms with Gasteiger partial charge in [0.1, 0.15) is 5.65 Å². The van der Waals surface area contributed by atoms with Crippen LogP contribution in [0.3, 0.4) is 0 Å². The molecule has 0 radical (unpaired) electrons. The number of rotatable bonds is 6. The molecule has 0 aliphatic heterocycles. The molecule has 0 saturated heterocycles. The molecule has 2 N–H and O–H groups in total. The quantitative estimate of drug-likeness (QED) is 0.282. The second-order valence-electron chi connectivity index (χ2n) is 9.07. The number of aromatic nitrogens is 3. The van der Waals surface area contributed by atoms with Gasteiger partial charge in [-0.15, -0.1) is 12.4 Å². The molecule has 3 heterocycles. The molecule has 6 nitrogen and oxygen atoms in total. The first-order valence-electron chi connectivity index (χ1n) is 12.0. The van der Waals surface area contributed by atoms with Gasteiger partial charge in [-0.2, -0.15) is 0 Å². The lowest BCUT2D eigenvalue weighted by Gasteiger charge is -2.11. The second-order valence-corrected chi connectivity index (χ2v) is 9.07. The smallest absolute Gasteiger partial charge is 0.337 e. The molecule has 0 unspecified atom stereocenters. The van der Waals surface area contributed by atoms with Crippen LogP contribution in [0.15, 0.2) is 85.2 Å². The summed E-state index contributed by atoms with van der Waals surface area (Å²) in [5, 5.41) is 22.6. The van der Waals surface area contributed by atoms with Crippen LogP contribution in [-0.4, -0.2) is 36.7 Å². The van der Waals surface area contributed by atoms with Crippen molar-refractivity contribution in [2.24, 2.45) is 0 Å². The van der Waals surface area contributed by atoms with E-state index in [9.17, 15) is 15.0 Å². The number of benzene rings is 3. The van der Waals surface area contributed by atoms with Crippen LogP contribution >= 0.6 is 12.4 Å². The van der Waals surface area contributed by atoms with Gasteiger partial charge in [-0.3, -0.25) is 0 Å². The summed E-state index contributed by atoms with van der Waals surface area (Å²) in [6.07, 6.45) is 4.63. The van der Waals surface area contributed by atoms with E-state index in [0.717, 1.165) is 38.8 Å². The van der Waals surface area contributed by atoms with Crippen LogP contribution in [0.2, 0.25) is 0 Å². The maximum absolute atomic E-state index is 12.5. The van der Waals surface area contributed by atoms with Crippen molar-refractivity contribution in [1.82, 2.24) is 14.0 Å². The number of halogens is 1. The van der Waals surface area contributed by atoms with Gasteiger partial charge in [0.15, 0.2) is 0 Å². The minimum absolute atomic E-state index is 0. The van der Waals surface area contributed by atoms with Crippen molar-refractivity contribution >= 4 is 45.7 Å². The van der Waals surface area contributed by atoms with Crippen molar-refractivity contribution in [2.75, 3.05) is 6.61 Å². The van der Waals surface area contributed by atoms with Gasteiger partial charge >= 0.3 is 5.97 Å². The summed E-state index contributed by atoms with van der Waals surface area (Å²) in [4.78, 5) is 17.5. The first-order chi connectivity index (χ1) is 17.6. The number of carbonyl (C=O) groups is 1. The predicted octanol–water partition coefficient (Wildman–Crippen LogP) is 6.12. The topological polar surface area (TPSA) is 79.8 Å². The Balaban J connectivity index is 0.00000280. The molecule has 0 spiro atoms. The number of hydrogen-bond donors (Lipinski definition) is 2. The number of aliphatic hydroxyl groups is 1. The van der Waals surface area contributed by atoms with Gasteiger partial charge in [-0.25, -0.2) is 9.78 Å². The number of hydrogen-bond acceptors (Lipinski definition) is 3. The van der Waals surface area contributed by atoms with E-state index < -0.39 is 5.97 Å². The highest BCUT2D eigenvalue weighted by molar-refractivity contribution is 6.09. The molecule has 3 aromatic carbocycles. The third-order valence-electron chi connectivity index (χ3n) is 6.92. The van der Waals surface area contributed by atoms with E-state index in [0.29, 0.717) is 29.6 Å². The summed E-state index contributed by atoms with van der Waals surface area (Å²) in [6.45, 7) is 2.65. The summed E-state index contributed by atoms with van der Waals surface area (Å²) < 4.78 is 4.13. The summed E-state index contributed by atoms with van der Waals surface area (Å²) >= 11 is 0. The Morgan fingerprint density at radius 2 is 1.78 bits per heavy atom. The zero-order valence-electron chi connectivity index (χ0n) is 20.3. The summed E-state index contributed by atoms with van der Waals surface area (Å²) in [5.41, 5.74) is 6.57. The summed E-state index contributed by atoms with van der Waals surface area (Å²) in [5.74, 6) is -0.972. The molecule has 3 aromatic heterocycles. The average molecular weight is 512 g/mol. The van der Waals surface area contributed by atoms with E-state index in [4.69, 9.17) is 4.98 Å². The van der Waals surface area contributed by atoms with Gasteiger partial charge in [0, 0.05) is 41.8 Å². The van der Waals surface area contributed by atoms with Crippen LogP contribution in [0.5, 0.6) is 0 Å². The van der Waals surface area contributed by atoms with Crippen molar-refractivity contribution in [3.8, 4) is 11.3 Å². The predicted molar refractivity (Wildman–Crippen MR) is 149 cm³/mol. The van der Waals surface area contributed by atoms with Gasteiger partial charge in [0.05, 0.1) is 23.6 Å². The maximum Gasteiger partial charge on any atom is 0.337 e. The molecule has 0 aliphatic rings. The first kappa shape index (κ1) is 24.6.